The number of aliphatic hydroxyl groups excluding tert-OH is 1. The van der Waals surface area contributed by atoms with Crippen molar-refractivity contribution in [2.45, 2.75) is 353 Å². The summed E-state index contributed by atoms with van der Waals surface area (Å²) in [6, 6.07) is -0.901. The Kier molecular flexibility index (Phi) is 56.9. The second-order valence-electron chi connectivity index (χ2n) is 24.2. The topological polar surface area (TPSA) is 108 Å². The quantitative estimate of drug-likeness (QED) is 0.0272. The Morgan fingerprint density at radius 3 is 1.08 bits per heavy atom. The van der Waals surface area contributed by atoms with E-state index in [9.17, 15) is 19.4 Å². The molecule has 1 amide bonds. The van der Waals surface area contributed by atoms with Gasteiger partial charge in [-0.05, 0) is 32.1 Å². The highest BCUT2D eigenvalue weighted by Crippen LogP contribution is 2.38. The summed E-state index contributed by atoms with van der Waals surface area (Å²) in [6.45, 7) is 4.69. The highest BCUT2D eigenvalue weighted by molar-refractivity contribution is 7.45. The Balaban J connectivity index is 4.10. The molecule has 0 aromatic rings. The van der Waals surface area contributed by atoms with Crippen molar-refractivity contribution < 1.29 is 32.9 Å². The van der Waals surface area contributed by atoms with E-state index in [-0.39, 0.29) is 19.1 Å². The molecule has 9 heteroatoms. The van der Waals surface area contributed by atoms with Crippen LogP contribution in [0, 0.1) is 0 Å². The number of nitrogens with zero attached hydrogens (tertiary/aromatic N) is 1. The normalized spacial score (nSPS) is 13.9. The molecule has 0 fully saturated rings. The van der Waals surface area contributed by atoms with Crippen molar-refractivity contribution >= 4 is 13.7 Å². The van der Waals surface area contributed by atoms with Gasteiger partial charge in [-0.2, -0.15) is 0 Å². The number of nitrogens with one attached hydrogen (secondary N) is 1. The van der Waals surface area contributed by atoms with Crippen molar-refractivity contribution in [3.05, 3.63) is 24.3 Å². The molecule has 0 bridgehead atoms. The van der Waals surface area contributed by atoms with E-state index in [1.165, 1.54) is 283 Å². The first-order valence-corrected chi connectivity index (χ1v) is 34.7. The summed E-state index contributed by atoms with van der Waals surface area (Å²) in [5.74, 6) is -0.199. The molecular formula is C66H131N2O6P. The number of phosphoric acid groups is 1. The number of quaternary nitrogens is 1. The number of unbranched alkanes of at least 4 members (excludes halogenated alkanes) is 47. The van der Waals surface area contributed by atoms with Gasteiger partial charge in [-0.15, -0.1) is 0 Å². The lowest BCUT2D eigenvalue weighted by Gasteiger charge is -2.29. The SMILES string of the molecule is CCCCCCCCCCCCCCCCCCCCCCCCCCC/C=C/CC/C=C/C(O)C(COP(=O)([O-])OCC[N+](C)(C)C)NC(=O)CCCCCCCCCCCCCCCCCCCCCCCC. The molecule has 0 spiro atoms. The summed E-state index contributed by atoms with van der Waals surface area (Å²) in [5, 5.41) is 13.9. The molecule has 75 heavy (non-hydrogen) atoms. The second kappa shape index (κ2) is 57.7. The number of phosphoric ester groups is 1. The van der Waals surface area contributed by atoms with Gasteiger partial charge in [-0.25, -0.2) is 0 Å². The molecule has 0 aromatic carbocycles. The van der Waals surface area contributed by atoms with Crippen molar-refractivity contribution in [1.82, 2.24) is 5.32 Å². The fourth-order valence-corrected chi connectivity index (χ4v) is 11.0. The lowest BCUT2D eigenvalue weighted by atomic mass is 10.0. The van der Waals surface area contributed by atoms with Gasteiger partial charge in [0.05, 0.1) is 39.9 Å². The van der Waals surface area contributed by atoms with Crippen LogP contribution in [0.4, 0.5) is 0 Å². The van der Waals surface area contributed by atoms with Gasteiger partial charge in [0.25, 0.3) is 7.82 Å². The number of hydrogen-bond acceptors (Lipinski definition) is 6. The van der Waals surface area contributed by atoms with Crippen LogP contribution in [0.25, 0.3) is 0 Å². The van der Waals surface area contributed by atoms with E-state index in [0.29, 0.717) is 17.4 Å². The molecule has 0 aliphatic rings. The summed E-state index contributed by atoms with van der Waals surface area (Å²) < 4.78 is 23.4. The zero-order chi connectivity index (χ0) is 54.9. The Labute approximate surface area is 468 Å². The summed E-state index contributed by atoms with van der Waals surface area (Å²) >= 11 is 0. The van der Waals surface area contributed by atoms with Gasteiger partial charge in [-0.3, -0.25) is 9.36 Å². The van der Waals surface area contributed by atoms with Crippen LogP contribution in [-0.2, 0) is 18.4 Å². The van der Waals surface area contributed by atoms with Crippen LogP contribution in [-0.4, -0.2) is 68.5 Å². The Morgan fingerprint density at radius 2 is 0.747 bits per heavy atom. The third-order valence-corrected chi connectivity index (χ3v) is 16.4. The molecule has 0 rings (SSSR count). The molecule has 0 aromatic heterocycles. The highest BCUT2D eigenvalue weighted by atomic mass is 31.2. The largest absolute Gasteiger partial charge is 0.756 e. The zero-order valence-electron chi connectivity index (χ0n) is 51.0. The van der Waals surface area contributed by atoms with Crippen LogP contribution < -0.4 is 10.2 Å². The number of rotatable bonds is 62. The molecule has 2 N–H and O–H groups in total. The first-order chi connectivity index (χ1) is 36.5. The first-order valence-electron chi connectivity index (χ1n) is 33.2. The molecule has 0 saturated carbocycles. The van der Waals surface area contributed by atoms with Crippen molar-refractivity contribution in [3.8, 4) is 0 Å². The minimum absolute atomic E-state index is 0.00350. The number of carbonyl (C=O) groups is 1. The number of aliphatic hydroxyl groups is 1. The maximum atomic E-state index is 13.0. The Bertz CT molecular complexity index is 1270. The first kappa shape index (κ1) is 74.0. The van der Waals surface area contributed by atoms with Gasteiger partial charge < -0.3 is 28.8 Å². The highest BCUT2D eigenvalue weighted by Gasteiger charge is 2.23. The van der Waals surface area contributed by atoms with E-state index < -0.39 is 20.0 Å². The van der Waals surface area contributed by atoms with Gasteiger partial charge in [0.1, 0.15) is 13.2 Å². The minimum atomic E-state index is -4.61. The monoisotopic (exact) mass is 1080 g/mol. The van der Waals surface area contributed by atoms with E-state index in [1.54, 1.807) is 6.08 Å². The summed E-state index contributed by atoms with van der Waals surface area (Å²) in [6.07, 6.45) is 74.4. The van der Waals surface area contributed by atoms with Gasteiger partial charge in [0.2, 0.25) is 5.91 Å². The summed E-state index contributed by atoms with van der Waals surface area (Å²) in [7, 11) is 1.26. The van der Waals surface area contributed by atoms with Crippen LogP contribution in [0.2, 0.25) is 0 Å². The maximum Gasteiger partial charge on any atom is 0.268 e. The van der Waals surface area contributed by atoms with Crippen molar-refractivity contribution in [1.29, 1.82) is 0 Å². The second-order valence-corrected chi connectivity index (χ2v) is 25.6. The predicted molar refractivity (Wildman–Crippen MR) is 325 cm³/mol. The van der Waals surface area contributed by atoms with E-state index >= 15 is 0 Å². The Morgan fingerprint density at radius 1 is 0.453 bits per heavy atom. The van der Waals surface area contributed by atoms with Crippen LogP contribution >= 0.6 is 7.82 Å². The van der Waals surface area contributed by atoms with Gasteiger partial charge in [0, 0.05) is 6.42 Å². The minimum Gasteiger partial charge on any atom is -0.756 e. The fraction of sp³-hybridized carbons (Fsp3) is 0.924. The van der Waals surface area contributed by atoms with E-state index in [4.69, 9.17) is 9.05 Å². The van der Waals surface area contributed by atoms with Crippen molar-refractivity contribution in [2.24, 2.45) is 0 Å². The number of likely N-dealkylation sites (N-methyl/N-ethyl adjacent to an activating group) is 1. The molecule has 8 nitrogen and oxygen atoms in total. The third-order valence-electron chi connectivity index (χ3n) is 15.4. The average molecular weight is 1080 g/mol. The molecule has 0 heterocycles. The smallest absolute Gasteiger partial charge is 0.268 e. The van der Waals surface area contributed by atoms with Gasteiger partial charge in [-0.1, -0.05) is 327 Å². The van der Waals surface area contributed by atoms with Gasteiger partial charge >= 0.3 is 0 Å². The lowest BCUT2D eigenvalue weighted by molar-refractivity contribution is -0.870. The van der Waals surface area contributed by atoms with E-state index in [0.717, 1.165) is 38.5 Å². The molecular weight excluding hydrogens is 948 g/mol. The molecule has 0 aliphatic heterocycles. The van der Waals surface area contributed by atoms with Crippen molar-refractivity contribution in [3.63, 3.8) is 0 Å². The molecule has 0 aliphatic carbocycles. The maximum absolute atomic E-state index is 13.0. The average Bonchev–Trinajstić information content (AvgIpc) is 3.37. The fourth-order valence-electron chi connectivity index (χ4n) is 10.2. The predicted octanol–water partition coefficient (Wildman–Crippen LogP) is 20.1. The number of allylic oxidation sites excluding steroid dienone is 3. The number of amides is 1. The van der Waals surface area contributed by atoms with Gasteiger partial charge in [0.15, 0.2) is 0 Å². The summed E-state index contributed by atoms with van der Waals surface area (Å²) in [5.41, 5.74) is 0. The molecule has 0 radical (unpaired) electrons. The molecule has 446 valence electrons. The third kappa shape index (κ3) is 60.5. The Hall–Kier alpha value is -1.02. The lowest BCUT2D eigenvalue weighted by Crippen LogP contribution is -2.45. The van der Waals surface area contributed by atoms with Crippen LogP contribution in [0.1, 0.15) is 341 Å². The number of carbonyl (C=O) groups excluding carboxylic acids is 1. The van der Waals surface area contributed by atoms with E-state index in [1.807, 2.05) is 27.2 Å². The van der Waals surface area contributed by atoms with Crippen molar-refractivity contribution in [2.75, 3.05) is 40.9 Å². The van der Waals surface area contributed by atoms with Crippen LogP contribution in [0.3, 0.4) is 0 Å². The molecule has 0 saturated heterocycles. The standard InChI is InChI=1S/C66H131N2O6P/c1-6-8-10-12-14-16-18-20-22-24-26-28-30-31-32-33-34-35-36-37-38-39-41-43-45-47-49-51-53-55-57-59-65(69)64(63-74-75(71,72)73-62-61-68(3,4)5)67-66(70)60-58-56-54-52-50-48-46-44-42-40-29-27-25-23-21-19-17-15-13-11-9-7-2/h49,51,57,59,64-65,69H,6-48,50,52-56,58,60-63H2,1-5H3,(H-,67,70,71,72)/b51-49+,59-57+. The van der Waals surface area contributed by atoms with Crippen LogP contribution in [0.15, 0.2) is 24.3 Å². The molecule has 3 unspecified atom stereocenters. The number of hydrogen-bond donors (Lipinski definition) is 2. The summed E-state index contributed by atoms with van der Waals surface area (Å²) in [4.78, 5) is 25.6. The van der Waals surface area contributed by atoms with E-state index in [2.05, 4.69) is 31.3 Å². The van der Waals surface area contributed by atoms with Crippen LogP contribution in [0.5, 0.6) is 0 Å². The molecule has 3 atom stereocenters. The zero-order valence-corrected chi connectivity index (χ0v) is 51.9.